The van der Waals surface area contributed by atoms with Gasteiger partial charge >= 0.3 is 0 Å². The van der Waals surface area contributed by atoms with E-state index >= 15 is 0 Å². The van der Waals surface area contributed by atoms with Crippen LogP contribution in [-0.4, -0.2) is 18.3 Å². The highest BCUT2D eigenvalue weighted by atomic mass is 16.1. The molecular formula is C10H15NO2. The van der Waals surface area contributed by atoms with Crippen molar-refractivity contribution >= 4 is 18.3 Å². The predicted molar refractivity (Wildman–Crippen MR) is 52.8 cm³/mol. The summed E-state index contributed by atoms with van der Waals surface area (Å²) in [7, 11) is 0. The van der Waals surface area contributed by atoms with E-state index < -0.39 is 0 Å². The Morgan fingerprint density at radius 1 is 1.38 bits per heavy atom. The van der Waals surface area contributed by atoms with Crippen molar-refractivity contribution in [2.24, 2.45) is 4.99 Å². The van der Waals surface area contributed by atoms with Crippen LogP contribution < -0.4 is 0 Å². The van der Waals surface area contributed by atoms with Crippen LogP contribution in [0, 0.1) is 0 Å². The van der Waals surface area contributed by atoms with Gasteiger partial charge in [-0.3, -0.25) is 14.6 Å². The van der Waals surface area contributed by atoms with E-state index in [0.717, 1.165) is 12.8 Å². The van der Waals surface area contributed by atoms with Crippen LogP contribution >= 0.6 is 0 Å². The zero-order valence-corrected chi connectivity index (χ0v) is 8.33. The first-order chi connectivity index (χ1) is 6.13. The molecule has 0 fully saturated rings. The molecule has 3 nitrogen and oxygen atoms in total. The third-order valence-electron chi connectivity index (χ3n) is 1.52. The Hall–Kier alpha value is -1.25. The SMILES string of the molecule is CCCC=NC(C(C)=O)=C(C)C=O. The molecule has 0 aromatic carbocycles. The van der Waals surface area contributed by atoms with Crippen LogP contribution in [0.15, 0.2) is 16.3 Å². The van der Waals surface area contributed by atoms with Gasteiger partial charge in [0, 0.05) is 18.7 Å². The van der Waals surface area contributed by atoms with Crippen LogP contribution in [0.5, 0.6) is 0 Å². The topological polar surface area (TPSA) is 46.5 Å². The molecule has 0 N–H and O–H groups in total. The van der Waals surface area contributed by atoms with E-state index in [2.05, 4.69) is 4.99 Å². The predicted octanol–water partition coefficient (Wildman–Crippen LogP) is 1.92. The minimum absolute atomic E-state index is 0.169. The molecular weight excluding hydrogens is 166 g/mol. The maximum atomic E-state index is 11.0. The van der Waals surface area contributed by atoms with E-state index in [-0.39, 0.29) is 11.5 Å². The van der Waals surface area contributed by atoms with Crippen LogP contribution in [-0.2, 0) is 9.59 Å². The lowest BCUT2D eigenvalue weighted by molar-refractivity contribution is -0.114. The molecule has 0 aromatic heterocycles. The Balaban J connectivity index is 4.64. The lowest BCUT2D eigenvalue weighted by Crippen LogP contribution is -1.98. The van der Waals surface area contributed by atoms with Gasteiger partial charge in [-0.2, -0.15) is 0 Å². The molecule has 0 aliphatic carbocycles. The van der Waals surface area contributed by atoms with Gasteiger partial charge in [0.25, 0.3) is 0 Å². The fourth-order valence-corrected chi connectivity index (χ4v) is 0.811. The molecule has 72 valence electrons. The number of hydrogen-bond acceptors (Lipinski definition) is 3. The minimum Gasteiger partial charge on any atom is -0.298 e. The van der Waals surface area contributed by atoms with Gasteiger partial charge < -0.3 is 0 Å². The van der Waals surface area contributed by atoms with Crippen molar-refractivity contribution < 1.29 is 9.59 Å². The van der Waals surface area contributed by atoms with E-state index in [0.29, 0.717) is 11.9 Å². The van der Waals surface area contributed by atoms with Crippen molar-refractivity contribution in [2.75, 3.05) is 0 Å². The molecule has 0 aliphatic rings. The third-order valence-corrected chi connectivity index (χ3v) is 1.52. The Morgan fingerprint density at radius 3 is 2.38 bits per heavy atom. The number of carbonyl (C=O) groups is 2. The highest BCUT2D eigenvalue weighted by Crippen LogP contribution is 2.04. The number of aliphatic imine (C=N–C) groups is 1. The highest BCUT2D eigenvalue weighted by Gasteiger charge is 2.04. The number of hydrogen-bond donors (Lipinski definition) is 0. The highest BCUT2D eigenvalue weighted by molar-refractivity contribution is 5.99. The van der Waals surface area contributed by atoms with E-state index in [1.807, 2.05) is 6.92 Å². The van der Waals surface area contributed by atoms with Gasteiger partial charge in [-0.05, 0) is 13.3 Å². The summed E-state index contributed by atoms with van der Waals surface area (Å²) in [4.78, 5) is 25.4. The second kappa shape index (κ2) is 6.29. The summed E-state index contributed by atoms with van der Waals surface area (Å²) in [6.07, 6.45) is 4.13. The molecule has 13 heavy (non-hydrogen) atoms. The first kappa shape index (κ1) is 11.8. The first-order valence-corrected chi connectivity index (χ1v) is 4.33. The molecule has 0 saturated carbocycles. The van der Waals surface area contributed by atoms with E-state index in [1.165, 1.54) is 6.92 Å². The summed E-state index contributed by atoms with van der Waals surface area (Å²) in [6.45, 7) is 5.02. The maximum Gasteiger partial charge on any atom is 0.178 e. The summed E-state index contributed by atoms with van der Waals surface area (Å²) in [6, 6.07) is 0. The standard InChI is InChI=1S/C10H15NO2/c1-4-5-6-11-10(9(3)13)8(2)7-12/h6-7H,4-5H2,1-3H3. The monoisotopic (exact) mass is 181 g/mol. The average Bonchev–Trinajstić information content (AvgIpc) is 2.11. The van der Waals surface area contributed by atoms with Gasteiger partial charge in [0.05, 0.1) is 0 Å². The normalized spacial score (nSPS) is 12.8. The second-order valence-electron chi connectivity index (χ2n) is 2.81. The molecule has 0 heterocycles. The van der Waals surface area contributed by atoms with Crippen molar-refractivity contribution in [1.82, 2.24) is 0 Å². The van der Waals surface area contributed by atoms with Crippen LogP contribution in [0.4, 0.5) is 0 Å². The Morgan fingerprint density at radius 2 is 2.00 bits per heavy atom. The van der Waals surface area contributed by atoms with Crippen LogP contribution in [0.25, 0.3) is 0 Å². The number of allylic oxidation sites excluding steroid dienone is 2. The minimum atomic E-state index is -0.169. The van der Waals surface area contributed by atoms with E-state index in [9.17, 15) is 9.59 Å². The van der Waals surface area contributed by atoms with Crippen LogP contribution in [0.3, 0.4) is 0 Å². The quantitative estimate of drug-likeness (QED) is 0.369. The zero-order valence-electron chi connectivity index (χ0n) is 8.33. The molecule has 0 atom stereocenters. The van der Waals surface area contributed by atoms with E-state index in [4.69, 9.17) is 0 Å². The number of ketones is 1. The van der Waals surface area contributed by atoms with Gasteiger partial charge in [0.1, 0.15) is 12.0 Å². The second-order valence-corrected chi connectivity index (χ2v) is 2.81. The number of carbonyl (C=O) groups excluding carboxylic acids is 2. The molecule has 0 bridgehead atoms. The lowest BCUT2D eigenvalue weighted by atomic mass is 10.2. The van der Waals surface area contributed by atoms with Gasteiger partial charge in [-0.25, -0.2) is 0 Å². The number of unbranched alkanes of at least 4 members (excludes halogenated alkanes) is 1. The van der Waals surface area contributed by atoms with Crippen LogP contribution in [0.1, 0.15) is 33.6 Å². The maximum absolute atomic E-state index is 11.0. The Labute approximate surface area is 78.6 Å². The van der Waals surface area contributed by atoms with Crippen molar-refractivity contribution in [2.45, 2.75) is 33.6 Å². The Kier molecular flexibility index (Phi) is 5.68. The molecule has 0 unspecified atom stereocenters. The van der Waals surface area contributed by atoms with Crippen molar-refractivity contribution in [3.05, 3.63) is 11.3 Å². The summed E-state index contributed by atoms with van der Waals surface area (Å²) in [5.74, 6) is -0.169. The molecule has 0 spiro atoms. The Bertz CT molecular complexity index is 252. The molecule has 0 amide bonds. The molecule has 0 saturated heterocycles. The molecule has 0 aromatic rings. The van der Waals surface area contributed by atoms with Gasteiger partial charge in [-0.1, -0.05) is 13.3 Å². The van der Waals surface area contributed by atoms with Crippen molar-refractivity contribution in [3.8, 4) is 0 Å². The van der Waals surface area contributed by atoms with E-state index in [1.54, 1.807) is 13.1 Å². The fraction of sp³-hybridized carbons (Fsp3) is 0.500. The largest absolute Gasteiger partial charge is 0.298 e. The molecule has 0 radical (unpaired) electrons. The van der Waals surface area contributed by atoms with Gasteiger partial charge in [0.15, 0.2) is 5.78 Å². The fourth-order valence-electron chi connectivity index (χ4n) is 0.811. The van der Waals surface area contributed by atoms with Crippen molar-refractivity contribution in [1.29, 1.82) is 0 Å². The van der Waals surface area contributed by atoms with Crippen LogP contribution in [0.2, 0.25) is 0 Å². The molecule has 0 rings (SSSR count). The first-order valence-electron chi connectivity index (χ1n) is 4.33. The number of nitrogens with zero attached hydrogens (tertiary/aromatic N) is 1. The summed E-state index contributed by atoms with van der Waals surface area (Å²) < 4.78 is 0. The third kappa shape index (κ3) is 4.35. The van der Waals surface area contributed by atoms with Crippen molar-refractivity contribution in [3.63, 3.8) is 0 Å². The number of aldehydes is 1. The zero-order chi connectivity index (χ0) is 10.3. The molecule has 0 aliphatic heterocycles. The number of rotatable bonds is 5. The number of Topliss-reactive ketones (excluding diaryl/α,β-unsaturated/α-hetero) is 1. The smallest absolute Gasteiger partial charge is 0.178 e. The summed E-state index contributed by atoms with van der Waals surface area (Å²) in [5.41, 5.74) is 0.656. The van der Waals surface area contributed by atoms with Gasteiger partial charge in [0.2, 0.25) is 0 Å². The summed E-state index contributed by atoms with van der Waals surface area (Å²) >= 11 is 0. The lowest BCUT2D eigenvalue weighted by Gasteiger charge is -1.96. The summed E-state index contributed by atoms with van der Waals surface area (Å²) in [5, 5.41) is 0. The average molecular weight is 181 g/mol. The van der Waals surface area contributed by atoms with Gasteiger partial charge in [-0.15, -0.1) is 0 Å². The molecule has 3 heteroatoms.